The maximum atomic E-state index is 11.2. The molecule has 1 aromatic carbocycles. The van der Waals surface area contributed by atoms with Crippen LogP contribution in [0.15, 0.2) is 30.3 Å². The van der Waals surface area contributed by atoms with E-state index in [0.29, 0.717) is 6.54 Å². The fourth-order valence-electron chi connectivity index (χ4n) is 3.37. The van der Waals surface area contributed by atoms with Crippen molar-refractivity contribution in [1.29, 1.82) is 0 Å². The lowest BCUT2D eigenvalue weighted by molar-refractivity contribution is -0.137. The van der Waals surface area contributed by atoms with Crippen LogP contribution < -0.4 is 0 Å². The molecule has 1 unspecified atom stereocenters. The summed E-state index contributed by atoms with van der Waals surface area (Å²) in [6.07, 6.45) is 2.88. The predicted octanol–water partition coefficient (Wildman–Crippen LogP) is 2.44. The van der Waals surface area contributed by atoms with Gasteiger partial charge in [0.15, 0.2) is 0 Å². The number of nitrogens with zero attached hydrogens (tertiary/aromatic N) is 2. The van der Waals surface area contributed by atoms with Crippen LogP contribution in [0.3, 0.4) is 0 Å². The van der Waals surface area contributed by atoms with Gasteiger partial charge < -0.3 is 10.2 Å². The summed E-state index contributed by atoms with van der Waals surface area (Å²) in [5.74, 6) is -0.768. The number of aliphatic hydroxyl groups excluding tert-OH is 1. The van der Waals surface area contributed by atoms with Crippen LogP contribution in [-0.2, 0) is 17.8 Å². The molecule has 116 valence electrons. The fraction of sp³-hybridized carbons (Fsp3) is 0.412. The molecule has 2 aromatic rings. The van der Waals surface area contributed by atoms with Crippen molar-refractivity contribution in [3.63, 3.8) is 0 Å². The first-order chi connectivity index (χ1) is 10.7. The van der Waals surface area contributed by atoms with E-state index >= 15 is 0 Å². The smallest absolute Gasteiger partial charge is 0.303 e. The van der Waals surface area contributed by atoms with Crippen LogP contribution in [0.2, 0.25) is 0 Å². The number of aliphatic carboxylic acids is 1. The van der Waals surface area contributed by atoms with Crippen molar-refractivity contribution in [2.45, 2.75) is 38.1 Å². The first-order valence-electron chi connectivity index (χ1n) is 7.68. The van der Waals surface area contributed by atoms with Gasteiger partial charge in [-0.2, -0.15) is 5.10 Å². The summed E-state index contributed by atoms with van der Waals surface area (Å²) < 4.78 is 1.85. The lowest BCUT2D eigenvalue weighted by Gasteiger charge is -2.22. The van der Waals surface area contributed by atoms with Gasteiger partial charge in [0.25, 0.3) is 0 Å². The van der Waals surface area contributed by atoms with Gasteiger partial charge in [-0.25, -0.2) is 0 Å². The minimum atomic E-state index is -0.772. The monoisotopic (exact) mass is 300 g/mol. The van der Waals surface area contributed by atoms with Crippen molar-refractivity contribution in [1.82, 2.24) is 9.78 Å². The average molecular weight is 300 g/mol. The normalized spacial score (nSPS) is 17.2. The highest BCUT2D eigenvalue weighted by Crippen LogP contribution is 2.40. The third kappa shape index (κ3) is 2.76. The largest absolute Gasteiger partial charge is 0.481 e. The van der Waals surface area contributed by atoms with E-state index in [-0.39, 0.29) is 18.9 Å². The van der Waals surface area contributed by atoms with Gasteiger partial charge in [0.2, 0.25) is 0 Å². The summed E-state index contributed by atoms with van der Waals surface area (Å²) in [6, 6.07) is 9.87. The quantitative estimate of drug-likeness (QED) is 0.889. The number of aliphatic hydroxyl groups is 1. The summed E-state index contributed by atoms with van der Waals surface area (Å²) >= 11 is 0. The molecule has 0 saturated heterocycles. The second kappa shape index (κ2) is 6.32. The van der Waals surface area contributed by atoms with Crippen LogP contribution in [0.25, 0.3) is 11.3 Å². The number of aromatic nitrogens is 2. The summed E-state index contributed by atoms with van der Waals surface area (Å²) in [5, 5.41) is 23.1. The van der Waals surface area contributed by atoms with E-state index in [4.69, 9.17) is 0 Å². The molecule has 0 saturated carbocycles. The van der Waals surface area contributed by atoms with E-state index in [9.17, 15) is 15.0 Å². The van der Waals surface area contributed by atoms with Crippen molar-refractivity contribution < 1.29 is 15.0 Å². The number of carbonyl (C=O) groups is 1. The lowest BCUT2D eigenvalue weighted by Crippen LogP contribution is -2.16. The van der Waals surface area contributed by atoms with E-state index < -0.39 is 5.97 Å². The number of fused-ring (bicyclic) bond motifs is 1. The van der Waals surface area contributed by atoms with E-state index in [1.54, 1.807) is 0 Å². The van der Waals surface area contributed by atoms with Gasteiger partial charge in [-0.1, -0.05) is 30.3 Å². The Balaban J connectivity index is 2.11. The molecule has 0 amide bonds. The van der Waals surface area contributed by atoms with E-state index in [1.807, 2.05) is 35.0 Å². The topological polar surface area (TPSA) is 75.3 Å². The predicted molar refractivity (Wildman–Crippen MR) is 82.7 cm³/mol. The van der Waals surface area contributed by atoms with Crippen molar-refractivity contribution in [3.05, 3.63) is 41.6 Å². The van der Waals surface area contributed by atoms with Crippen LogP contribution >= 0.6 is 0 Å². The SMILES string of the molecule is O=C(O)CC1CCCc2c1c(-c1ccccc1)nn2CCO. The standard InChI is InChI=1S/C17H20N2O3/c20-10-9-19-14-8-4-7-13(11-15(21)22)16(14)17(18-19)12-5-2-1-3-6-12/h1-3,5-6,13,20H,4,7-11H2,(H,21,22). The molecule has 1 heterocycles. The van der Waals surface area contributed by atoms with Gasteiger partial charge in [-0.05, 0) is 25.2 Å². The number of carboxylic acid groups (broad SMARTS) is 1. The molecule has 2 N–H and O–H groups in total. The number of benzene rings is 1. The number of hydrogen-bond donors (Lipinski definition) is 2. The fourth-order valence-corrected chi connectivity index (χ4v) is 3.37. The average Bonchev–Trinajstić information content (AvgIpc) is 2.88. The third-order valence-electron chi connectivity index (χ3n) is 4.25. The number of rotatable bonds is 5. The molecule has 0 bridgehead atoms. The van der Waals surface area contributed by atoms with Gasteiger partial charge in [0.1, 0.15) is 0 Å². The zero-order valence-electron chi connectivity index (χ0n) is 12.4. The van der Waals surface area contributed by atoms with Crippen molar-refractivity contribution in [2.75, 3.05) is 6.61 Å². The highest BCUT2D eigenvalue weighted by atomic mass is 16.4. The Kier molecular flexibility index (Phi) is 4.24. The Labute approximate surface area is 129 Å². The second-order valence-electron chi connectivity index (χ2n) is 5.71. The molecule has 0 fully saturated rings. The zero-order valence-corrected chi connectivity index (χ0v) is 12.4. The molecule has 0 spiro atoms. The van der Waals surface area contributed by atoms with Gasteiger partial charge in [-0.3, -0.25) is 9.48 Å². The minimum Gasteiger partial charge on any atom is -0.481 e. The summed E-state index contributed by atoms with van der Waals surface area (Å²) in [5.41, 5.74) is 4.03. The highest BCUT2D eigenvalue weighted by Gasteiger charge is 2.30. The van der Waals surface area contributed by atoms with E-state index in [0.717, 1.165) is 41.8 Å². The van der Waals surface area contributed by atoms with Gasteiger partial charge in [0.05, 0.1) is 25.3 Å². The summed E-state index contributed by atoms with van der Waals surface area (Å²) in [4.78, 5) is 11.2. The van der Waals surface area contributed by atoms with Gasteiger partial charge >= 0.3 is 5.97 Å². The molecule has 1 aliphatic rings. The molecule has 0 aliphatic heterocycles. The van der Waals surface area contributed by atoms with Crippen molar-refractivity contribution in [2.24, 2.45) is 0 Å². The Bertz CT molecular complexity index is 664. The zero-order chi connectivity index (χ0) is 15.5. The molecule has 3 rings (SSSR count). The molecular formula is C17H20N2O3. The van der Waals surface area contributed by atoms with Gasteiger partial charge in [-0.15, -0.1) is 0 Å². The summed E-state index contributed by atoms with van der Waals surface area (Å²) in [6.45, 7) is 0.487. The molecule has 5 heteroatoms. The first-order valence-corrected chi connectivity index (χ1v) is 7.68. The van der Waals surface area contributed by atoms with Crippen molar-refractivity contribution in [3.8, 4) is 11.3 Å². The second-order valence-corrected chi connectivity index (χ2v) is 5.71. The Morgan fingerprint density at radius 2 is 2.09 bits per heavy atom. The molecule has 22 heavy (non-hydrogen) atoms. The molecule has 1 aliphatic carbocycles. The van der Waals surface area contributed by atoms with Crippen LogP contribution in [0.4, 0.5) is 0 Å². The first kappa shape index (κ1) is 14.8. The maximum Gasteiger partial charge on any atom is 0.303 e. The van der Waals surface area contributed by atoms with E-state index in [2.05, 4.69) is 5.10 Å². The van der Waals surface area contributed by atoms with Crippen LogP contribution in [-0.4, -0.2) is 32.6 Å². The molecule has 1 atom stereocenters. The van der Waals surface area contributed by atoms with Crippen LogP contribution in [0, 0.1) is 0 Å². The van der Waals surface area contributed by atoms with E-state index in [1.165, 1.54) is 0 Å². The van der Waals surface area contributed by atoms with Crippen molar-refractivity contribution >= 4 is 5.97 Å². The molecule has 1 aromatic heterocycles. The number of carboxylic acids is 1. The van der Waals surface area contributed by atoms with Crippen LogP contribution in [0.1, 0.15) is 36.4 Å². The number of hydrogen-bond acceptors (Lipinski definition) is 3. The minimum absolute atomic E-state index is 0.00361. The Morgan fingerprint density at radius 1 is 1.32 bits per heavy atom. The Morgan fingerprint density at radius 3 is 2.77 bits per heavy atom. The molecule has 5 nitrogen and oxygen atoms in total. The molecular weight excluding hydrogens is 280 g/mol. The van der Waals surface area contributed by atoms with Crippen LogP contribution in [0.5, 0.6) is 0 Å². The maximum absolute atomic E-state index is 11.2. The molecule has 0 radical (unpaired) electrons. The lowest BCUT2D eigenvalue weighted by atomic mass is 9.82. The third-order valence-corrected chi connectivity index (χ3v) is 4.25. The Hall–Kier alpha value is -2.14. The highest BCUT2D eigenvalue weighted by molar-refractivity contribution is 5.71. The van der Waals surface area contributed by atoms with Gasteiger partial charge in [0, 0.05) is 16.8 Å². The summed E-state index contributed by atoms with van der Waals surface area (Å²) in [7, 11) is 0.